The van der Waals surface area contributed by atoms with Gasteiger partial charge in [-0.2, -0.15) is 0 Å². The monoisotopic (exact) mass is 283 g/mol. The number of hydrogen-bond donors (Lipinski definition) is 1. The van der Waals surface area contributed by atoms with Crippen LogP contribution in [0.1, 0.15) is 53.4 Å². The Labute approximate surface area is 124 Å². The topological polar surface area (TPSA) is 35.6 Å². The molecule has 4 heteroatoms. The largest absolute Gasteiger partial charge is 0.343 e. The number of rotatable bonds is 8. The lowest BCUT2D eigenvalue weighted by Crippen LogP contribution is -2.56. The summed E-state index contributed by atoms with van der Waals surface area (Å²) in [5.74, 6) is 0.310. The lowest BCUT2D eigenvalue weighted by molar-refractivity contribution is -0.131. The molecule has 1 heterocycles. The summed E-state index contributed by atoms with van der Waals surface area (Å²) in [6.07, 6.45) is 4.06. The molecule has 1 amide bonds. The maximum Gasteiger partial charge on any atom is 0.222 e. The van der Waals surface area contributed by atoms with Crippen LogP contribution >= 0.6 is 0 Å². The van der Waals surface area contributed by atoms with Crippen LogP contribution in [0.2, 0.25) is 0 Å². The molecule has 0 aromatic rings. The number of nitrogens with zero attached hydrogens (tertiary/aromatic N) is 2. The molecular formula is C16H33N3O. The lowest BCUT2D eigenvalue weighted by atomic mass is 10.0. The fourth-order valence-electron chi connectivity index (χ4n) is 3.05. The predicted octanol–water partition coefficient (Wildman–Crippen LogP) is 2.10. The number of amides is 1. The van der Waals surface area contributed by atoms with Crippen molar-refractivity contribution in [2.24, 2.45) is 0 Å². The van der Waals surface area contributed by atoms with E-state index < -0.39 is 0 Å². The lowest BCUT2D eigenvalue weighted by Gasteiger charge is -2.40. The molecule has 20 heavy (non-hydrogen) atoms. The van der Waals surface area contributed by atoms with Gasteiger partial charge in [-0.05, 0) is 39.7 Å². The van der Waals surface area contributed by atoms with Gasteiger partial charge in [0.15, 0.2) is 0 Å². The van der Waals surface area contributed by atoms with Crippen LogP contribution in [-0.2, 0) is 4.79 Å². The average molecular weight is 283 g/mol. The second-order valence-corrected chi connectivity index (χ2v) is 5.74. The zero-order valence-corrected chi connectivity index (χ0v) is 13.8. The number of hydrogen-bond acceptors (Lipinski definition) is 3. The van der Waals surface area contributed by atoms with Crippen molar-refractivity contribution in [1.29, 1.82) is 0 Å². The van der Waals surface area contributed by atoms with E-state index in [4.69, 9.17) is 0 Å². The Morgan fingerprint density at radius 1 is 1.20 bits per heavy atom. The maximum absolute atomic E-state index is 12.0. The summed E-state index contributed by atoms with van der Waals surface area (Å²) in [7, 11) is 0. The molecule has 4 nitrogen and oxygen atoms in total. The van der Waals surface area contributed by atoms with Gasteiger partial charge in [-0.25, -0.2) is 0 Å². The fourth-order valence-corrected chi connectivity index (χ4v) is 3.05. The van der Waals surface area contributed by atoms with E-state index >= 15 is 0 Å². The first kappa shape index (κ1) is 17.4. The Hall–Kier alpha value is -0.610. The van der Waals surface area contributed by atoms with Crippen LogP contribution in [0, 0.1) is 0 Å². The van der Waals surface area contributed by atoms with Crippen LogP contribution < -0.4 is 5.32 Å². The third-order valence-corrected chi connectivity index (χ3v) is 4.53. The van der Waals surface area contributed by atoms with Crippen molar-refractivity contribution in [3.63, 3.8) is 0 Å². The van der Waals surface area contributed by atoms with Gasteiger partial charge in [0.2, 0.25) is 5.91 Å². The molecule has 0 bridgehead atoms. The molecule has 2 unspecified atom stereocenters. The third-order valence-electron chi connectivity index (χ3n) is 4.53. The number of piperazine rings is 1. The first-order chi connectivity index (χ1) is 9.65. The minimum absolute atomic E-state index is 0.310. The molecule has 1 aliphatic heterocycles. The molecule has 1 fully saturated rings. The van der Waals surface area contributed by atoms with Crippen molar-refractivity contribution in [3.8, 4) is 0 Å². The van der Waals surface area contributed by atoms with E-state index in [-0.39, 0.29) is 0 Å². The molecule has 1 rings (SSSR count). The molecule has 1 N–H and O–H groups in total. The molecule has 0 saturated carbocycles. The first-order valence-corrected chi connectivity index (χ1v) is 8.41. The molecule has 0 aromatic carbocycles. The van der Waals surface area contributed by atoms with E-state index in [1.165, 1.54) is 12.8 Å². The van der Waals surface area contributed by atoms with Crippen LogP contribution in [0.15, 0.2) is 0 Å². The molecule has 0 aliphatic carbocycles. The zero-order chi connectivity index (χ0) is 15.0. The molecule has 1 saturated heterocycles. The van der Waals surface area contributed by atoms with Gasteiger partial charge in [-0.15, -0.1) is 0 Å². The highest BCUT2D eigenvalue weighted by atomic mass is 16.2. The molecule has 0 spiro atoms. The van der Waals surface area contributed by atoms with Crippen molar-refractivity contribution >= 4 is 5.91 Å². The molecule has 0 radical (unpaired) electrons. The highest BCUT2D eigenvalue weighted by Crippen LogP contribution is 2.13. The average Bonchev–Trinajstić information content (AvgIpc) is 2.48. The molecule has 0 aromatic heterocycles. The molecular weight excluding hydrogens is 250 g/mol. The SMILES string of the molecule is CCC1CN(CCCC(=O)N(CC)CC)C(CC)CN1. The van der Waals surface area contributed by atoms with Crippen molar-refractivity contribution in [2.75, 3.05) is 32.7 Å². The van der Waals surface area contributed by atoms with Crippen molar-refractivity contribution in [1.82, 2.24) is 15.1 Å². The predicted molar refractivity (Wildman–Crippen MR) is 84.9 cm³/mol. The van der Waals surface area contributed by atoms with Gasteiger partial charge >= 0.3 is 0 Å². The number of carbonyl (C=O) groups excluding carboxylic acids is 1. The van der Waals surface area contributed by atoms with Gasteiger partial charge in [-0.3, -0.25) is 9.69 Å². The summed E-state index contributed by atoms with van der Waals surface area (Å²) in [5, 5.41) is 3.62. The molecule has 1 aliphatic rings. The van der Waals surface area contributed by atoms with Gasteiger partial charge in [0.1, 0.15) is 0 Å². The summed E-state index contributed by atoms with van der Waals surface area (Å²) >= 11 is 0. The van der Waals surface area contributed by atoms with Gasteiger partial charge in [0.05, 0.1) is 0 Å². The maximum atomic E-state index is 12.0. The normalized spacial score (nSPS) is 23.8. The van der Waals surface area contributed by atoms with Crippen molar-refractivity contribution in [2.45, 2.75) is 65.5 Å². The van der Waals surface area contributed by atoms with E-state index in [1.54, 1.807) is 0 Å². The van der Waals surface area contributed by atoms with Crippen molar-refractivity contribution < 1.29 is 4.79 Å². The van der Waals surface area contributed by atoms with E-state index in [9.17, 15) is 4.79 Å². The zero-order valence-electron chi connectivity index (χ0n) is 13.8. The van der Waals surface area contributed by atoms with E-state index in [1.807, 2.05) is 4.90 Å². The second-order valence-electron chi connectivity index (χ2n) is 5.74. The fraction of sp³-hybridized carbons (Fsp3) is 0.938. The molecule has 118 valence electrons. The summed E-state index contributed by atoms with van der Waals surface area (Å²) in [6, 6.07) is 1.26. The van der Waals surface area contributed by atoms with E-state index in [0.29, 0.717) is 24.4 Å². The standard InChI is InChI=1S/C16H33N3O/c1-5-14-13-19(15(6-2)12-17-14)11-9-10-16(20)18(7-3)8-4/h14-15,17H,5-13H2,1-4H3. The molecule has 2 atom stereocenters. The second kappa shape index (κ2) is 9.35. The van der Waals surface area contributed by atoms with E-state index in [0.717, 1.165) is 39.1 Å². The van der Waals surface area contributed by atoms with Crippen LogP contribution in [0.3, 0.4) is 0 Å². The summed E-state index contributed by atoms with van der Waals surface area (Å²) in [6.45, 7) is 13.6. The van der Waals surface area contributed by atoms with Crippen molar-refractivity contribution in [3.05, 3.63) is 0 Å². The van der Waals surface area contributed by atoms with Gasteiger partial charge in [0.25, 0.3) is 0 Å². The highest BCUT2D eigenvalue weighted by Gasteiger charge is 2.25. The Morgan fingerprint density at radius 2 is 1.90 bits per heavy atom. The quantitative estimate of drug-likeness (QED) is 0.741. The minimum atomic E-state index is 0.310. The summed E-state index contributed by atoms with van der Waals surface area (Å²) in [4.78, 5) is 16.5. The minimum Gasteiger partial charge on any atom is -0.343 e. The van der Waals surface area contributed by atoms with Gasteiger partial charge < -0.3 is 10.2 Å². The number of carbonyl (C=O) groups is 1. The first-order valence-electron chi connectivity index (χ1n) is 8.41. The Balaban J connectivity index is 2.36. The van der Waals surface area contributed by atoms with Crippen LogP contribution in [0.4, 0.5) is 0 Å². The van der Waals surface area contributed by atoms with Crippen LogP contribution in [0.25, 0.3) is 0 Å². The van der Waals surface area contributed by atoms with Gasteiger partial charge in [-0.1, -0.05) is 13.8 Å². The summed E-state index contributed by atoms with van der Waals surface area (Å²) < 4.78 is 0. The highest BCUT2D eigenvalue weighted by molar-refractivity contribution is 5.76. The third kappa shape index (κ3) is 5.06. The van der Waals surface area contributed by atoms with Crippen LogP contribution in [0.5, 0.6) is 0 Å². The smallest absolute Gasteiger partial charge is 0.222 e. The van der Waals surface area contributed by atoms with E-state index in [2.05, 4.69) is 37.9 Å². The Kier molecular flexibility index (Phi) is 8.15. The van der Waals surface area contributed by atoms with Gasteiger partial charge in [0, 0.05) is 44.7 Å². The Morgan fingerprint density at radius 3 is 2.45 bits per heavy atom. The summed E-state index contributed by atoms with van der Waals surface area (Å²) in [5.41, 5.74) is 0. The Bertz CT molecular complexity index is 279. The number of nitrogens with one attached hydrogen (secondary N) is 1. The van der Waals surface area contributed by atoms with Crippen LogP contribution in [-0.4, -0.2) is 60.5 Å².